The molecule has 8 nitrogen and oxygen atoms in total. The van der Waals surface area contributed by atoms with Gasteiger partial charge in [-0.25, -0.2) is 15.0 Å². The third-order valence-corrected chi connectivity index (χ3v) is 6.50. The second kappa shape index (κ2) is 9.76. The van der Waals surface area contributed by atoms with E-state index in [1.807, 2.05) is 23.5 Å². The summed E-state index contributed by atoms with van der Waals surface area (Å²) in [5, 5.41) is 3.18. The maximum Gasteiger partial charge on any atom is 0.256 e. The van der Waals surface area contributed by atoms with E-state index < -0.39 is 0 Å². The van der Waals surface area contributed by atoms with Gasteiger partial charge in [-0.1, -0.05) is 23.7 Å². The second-order valence-electron chi connectivity index (χ2n) is 8.52. The molecule has 0 bridgehead atoms. The topological polar surface area (TPSA) is 101 Å². The highest BCUT2D eigenvalue weighted by atomic mass is 35.5. The van der Waals surface area contributed by atoms with Gasteiger partial charge in [0.2, 0.25) is 5.95 Å². The Morgan fingerprint density at radius 1 is 1.20 bits per heavy atom. The van der Waals surface area contributed by atoms with Crippen molar-refractivity contribution in [1.82, 2.24) is 24.3 Å². The Morgan fingerprint density at radius 3 is 2.86 bits per heavy atom. The lowest BCUT2D eigenvalue weighted by Crippen LogP contribution is -2.30. The van der Waals surface area contributed by atoms with Crippen molar-refractivity contribution in [2.75, 3.05) is 24.1 Å². The van der Waals surface area contributed by atoms with E-state index in [0.29, 0.717) is 33.7 Å². The number of rotatable bonds is 5. The Labute approximate surface area is 208 Å². The molecule has 3 aromatic heterocycles. The maximum atomic E-state index is 12.7. The quantitative estimate of drug-likeness (QED) is 0.411. The number of pyridine rings is 1. The molecule has 1 unspecified atom stereocenters. The molecule has 0 saturated carbocycles. The molecule has 0 spiro atoms. The lowest BCUT2D eigenvalue weighted by atomic mass is 9.94. The van der Waals surface area contributed by atoms with Gasteiger partial charge in [-0.05, 0) is 62.4 Å². The van der Waals surface area contributed by atoms with Crippen molar-refractivity contribution in [3.8, 4) is 11.4 Å². The molecular formula is C26H26ClN7O. The number of nitrogens with two attached hydrogens (primary N) is 1. The van der Waals surface area contributed by atoms with Crippen LogP contribution in [0.25, 0.3) is 16.9 Å². The van der Waals surface area contributed by atoms with Gasteiger partial charge in [-0.15, -0.1) is 0 Å². The van der Waals surface area contributed by atoms with Crippen molar-refractivity contribution in [2.24, 2.45) is 0 Å². The molecular weight excluding hydrogens is 462 g/mol. The summed E-state index contributed by atoms with van der Waals surface area (Å²) in [7, 11) is 0. The van der Waals surface area contributed by atoms with E-state index in [1.165, 1.54) is 0 Å². The molecule has 4 aromatic rings. The number of carbonyl (C=O) groups is 1. The molecule has 9 heteroatoms. The largest absolute Gasteiger partial charge is 0.377 e. The van der Waals surface area contributed by atoms with E-state index in [-0.39, 0.29) is 11.8 Å². The molecule has 3 N–H and O–H groups in total. The lowest BCUT2D eigenvalue weighted by molar-refractivity contribution is 0.102. The van der Waals surface area contributed by atoms with E-state index in [2.05, 4.69) is 32.5 Å². The number of piperidine rings is 1. The lowest BCUT2D eigenvalue weighted by Gasteiger charge is -2.31. The molecule has 178 valence electrons. The highest BCUT2D eigenvalue weighted by molar-refractivity contribution is 6.33. The number of hydrogen-bond donors (Lipinski definition) is 2. The Morgan fingerprint density at radius 2 is 2.09 bits per heavy atom. The molecule has 1 amide bonds. The third-order valence-electron chi connectivity index (χ3n) is 6.19. The zero-order valence-electron chi connectivity index (χ0n) is 19.4. The molecule has 35 heavy (non-hydrogen) atoms. The van der Waals surface area contributed by atoms with Crippen LogP contribution < -0.4 is 11.1 Å². The summed E-state index contributed by atoms with van der Waals surface area (Å²) >= 11 is 6.70. The van der Waals surface area contributed by atoms with Gasteiger partial charge in [0.05, 0.1) is 16.2 Å². The monoisotopic (exact) mass is 487 g/mol. The van der Waals surface area contributed by atoms with Gasteiger partial charge in [-0.3, -0.25) is 9.20 Å². The molecule has 1 aromatic carbocycles. The smallest absolute Gasteiger partial charge is 0.256 e. The van der Waals surface area contributed by atoms with Crippen molar-refractivity contribution in [3.05, 3.63) is 83.4 Å². The average Bonchev–Trinajstić information content (AvgIpc) is 3.26. The first kappa shape index (κ1) is 22.9. The van der Waals surface area contributed by atoms with Crippen molar-refractivity contribution in [3.63, 3.8) is 0 Å². The highest BCUT2D eigenvalue weighted by Crippen LogP contribution is 2.36. The van der Waals surface area contributed by atoms with Crippen LogP contribution in [0.15, 0.2) is 67.1 Å². The van der Waals surface area contributed by atoms with Crippen LogP contribution in [0.4, 0.5) is 11.8 Å². The van der Waals surface area contributed by atoms with Crippen LogP contribution >= 0.6 is 11.6 Å². The number of amides is 1. The van der Waals surface area contributed by atoms with Crippen LogP contribution in [0.1, 0.15) is 41.7 Å². The second-order valence-corrected chi connectivity index (χ2v) is 8.93. The van der Waals surface area contributed by atoms with Crippen LogP contribution in [0.5, 0.6) is 0 Å². The first-order valence-corrected chi connectivity index (χ1v) is 11.9. The van der Waals surface area contributed by atoms with Crippen molar-refractivity contribution in [1.29, 1.82) is 0 Å². The van der Waals surface area contributed by atoms with Gasteiger partial charge >= 0.3 is 0 Å². The van der Waals surface area contributed by atoms with Crippen LogP contribution in [0.3, 0.4) is 0 Å². The molecule has 1 fully saturated rings. The number of allylic oxidation sites excluding steroid dienone is 1. The van der Waals surface area contributed by atoms with E-state index in [4.69, 9.17) is 22.3 Å². The van der Waals surface area contributed by atoms with Gasteiger partial charge in [0.1, 0.15) is 11.6 Å². The van der Waals surface area contributed by atoms with Crippen LogP contribution in [-0.2, 0) is 0 Å². The fraction of sp³-hybridized carbons (Fsp3) is 0.231. The van der Waals surface area contributed by atoms with Gasteiger partial charge < -0.3 is 16.0 Å². The normalized spacial score (nSPS) is 16.2. The summed E-state index contributed by atoms with van der Waals surface area (Å²) in [5.41, 5.74) is 9.31. The first-order valence-electron chi connectivity index (χ1n) is 11.6. The van der Waals surface area contributed by atoms with E-state index >= 15 is 0 Å². The van der Waals surface area contributed by atoms with E-state index in [9.17, 15) is 4.79 Å². The number of imidazole rings is 1. The summed E-state index contributed by atoms with van der Waals surface area (Å²) in [4.78, 5) is 28.5. The third kappa shape index (κ3) is 4.57. The summed E-state index contributed by atoms with van der Waals surface area (Å²) in [6, 6.07) is 12.4. The van der Waals surface area contributed by atoms with Gasteiger partial charge in [-0.2, -0.15) is 0 Å². The van der Waals surface area contributed by atoms with E-state index in [1.54, 1.807) is 42.7 Å². The number of anilines is 2. The number of halogens is 1. The summed E-state index contributed by atoms with van der Waals surface area (Å²) in [6.45, 7) is 3.96. The number of nitrogens with zero attached hydrogens (tertiary/aromatic N) is 5. The zero-order valence-corrected chi connectivity index (χ0v) is 20.1. The number of fused-ring (bicyclic) bond motifs is 1. The average molecular weight is 488 g/mol. The molecule has 5 rings (SSSR count). The number of aromatic nitrogens is 4. The first-order chi connectivity index (χ1) is 17.0. The van der Waals surface area contributed by atoms with Gasteiger partial charge in [0.25, 0.3) is 5.91 Å². The molecule has 0 aliphatic carbocycles. The minimum Gasteiger partial charge on any atom is -0.377 e. The Balaban J connectivity index is 1.52. The van der Waals surface area contributed by atoms with Crippen molar-refractivity contribution >= 4 is 34.8 Å². The zero-order chi connectivity index (χ0) is 24.4. The number of nitrogens with one attached hydrogen (secondary N) is 1. The molecule has 0 radical (unpaired) electrons. The number of likely N-dealkylation sites (tertiary alicyclic amines) is 1. The number of benzene rings is 1. The molecule has 1 aliphatic heterocycles. The fourth-order valence-electron chi connectivity index (χ4n) is 4.60. The summed E-state index contributed by atoms with van der Waals surface area (Å²) in [5.74, 6) is 1.39. The van der Waals surface area contributed by atoms with Gasteiger partial charge in [0, 0.05) is 42.5 Å². The molecule has 1 aliphatic rings. The molecule has 4 heterocycles. The fourth-order valence-corrected chi connectivity index (χ4v) is 4.87. The summed E-state index contributed by atoms with van der Waals surface area (Å²) < 4.78 is 1.85. The predicted molar refractivity (Wildman–Crippen MR) is 138 cm³/mol. The minimum absolute atomic E-state index is 0.257. The number of hydrogen-bond acceptors (Lipinski definition) is 6. The predicted octanol–water partition coefficient (Wildman–Crippen LogP) is 4.99. The molecule has 1 atom stereocenters. The van der Waals surface area contributed by atoms with Crippen molar-refractivity contribution in [2.45, 2.75) is 25.7 Å². The van der Waals surface area contributed by atoms with Crippen LogP contribution in [0, 0.1) is 0 Å². The Bertz CT molecular complexity index is 1400. The van der Waals surface area contributed by atoms with Crippen LogP contribution in [-0.4, -0.2) is 43.2 Å². The number of nitrogen functional groups attached to an aromatic ring is 1. The maximum absolute atomic E-state index is 12.7. The Kier molecular flexibility index (Phi) is 6.37. The standard InChI is InChI=1S/C26H26ClN7O/c1-2-13-33-14-5-6-18(16-33)23-21-10-12-30-26(28)34(21)24(32-23)19-9-8-17(15-20(19)27)25(35)31-22-7-3-4-11-29-22/h2-4,7-13,15,18H,5-6,14,16H2,1H3,(H2,28,30)(H,29,31,35). The van der Waals surface area contributed by atoms with Crippen LogP contribution in [0.2, 0.25) is 5.02 Å². The minimum atomic E-state index is -0.293. The molecule has 1 saturated heterocycles. The van der Waals surface area contributed by atoms with Gasteiger partial charge in [0.15, 0.2) is 0 Å². The SMILES string of the molecule is CC=CN1CCCC(c2nc(-c3ccc(C(=O)Nc4ccccn4)cc3Cl)n3c(N)nccc23)C1. The Hall–Kier alpha value is -3.91. The van der Waals surface area contributed by atoms with E-state index in [0.717, 1.165) is 37.1 Å². The highest BCUT2D eigenvalue weighted by Gasteiger charge is 2.27. The van der Waals surface area contributed by atoms with Crippen molar-refractivity contribution < 1.29 is 4.79 Å². The summed E-state index contributed by atoms with van der Waals surface area (Å²) in [6.07, 6.45) is 9.65. The number of carbonyl (C=O) groups excluding carboxylic acids is 1.